The fourth-order valence-corrected chi connectivity index (χ4v) is 5.47. The number of hydrogen-bond acceptors (Lipinski definition) is 7. The highest BCUT2D eigenvalue weighted by atomic mass is 32.1. The summed E-state index contributed by atoms with van der Waals surface area (Å²) in [4.78, 5) is 9.82. The molecular formula is C24H29N7S. The zero-order chi connectivity index (χ0) is 21.8. The second-order valence-corrected chi connectivity index (χ2v) is 9.30. The largest absolute Gasteiger partial charge is 0.345 e. The van der Waals surface area contributed by atoms with Gasteiger partial charge in [0.25, 0.3) is 0 Å². The van der Waals surface area contributed by atoms with Crippen LogP contribution in [0.15, 0.2) is 54.6 Å². The van der Waals surface area contributed by atoms with Gasteiger partial charge in [0.2, 0.25) is 0 Å². The molecule has 1 saturated heterocycles. The summed E-state index contributed by atoms with van der Waals surface area (Å²) in [6.45, 7) is 6.98. The number of benzene rings is 2. The first-order valence-corrected chi connectivity index (χ1v) is 12.3. The number of aromatic nitrogens is 5. The highest BCUT2D eigenvalue weighted by Crippen LogP contribution is 2.31. The molecule has 0 N–H and O–H groups in total. The van der Waals surface area contributed by atoms with Gasteiger partial charge in [-0.25, -0.2) is 9.67 Å². The van der Waals surface area contributed by atoms with Crippen LogP contribution in [-0.4, -0.2) is 56.3 Å². The second kappa shape index (κ2) is 9.75. The van der Waals surface area contributed by atoms with Crippen molar-refractivity contribution in [1.29, 1.82) is 0 Å². The fraction of sp³-hybridized carbons (Fsp3) is 0.417. The highest BCUT2D eigenvalue weighted by molar-refractivity contribution is 7.22. The van der Waals surface area contributed by atoms with E-state index in [1.54, 1.807) is 11.3 Å². The maximum absolute atomic E-state index is 4.85. The first-order chi connectivity index (χ1) is 15.8. The first kappa shape index (κ1) is 21.0. The van der Waals surface area contributed by atoms with Crippen LogP contribution in [0.5, 0.6) is 0 Å². The quantitative estimate of drug-likeness (QED) is 0.404. The van der Waals surface area contributed by atoms with Crippen molar-refractivity contribution in [3.63, 3.8) is 0 Å². The number of rotatable bonds is 8. The van der Waals surface area contributed by atoms with Crippen LogP contribution in [0.1, 0.15) is 37.2 Å². The minimum absolute atomic E-state index is 0.253. The molecule has 166 valence electrons. The molecule has 8 heteroatoms. The summed E-state index contributed by atoms with van der Waals surface area (Å²) < 4.78 is 3.26. The monoisotopic (exact) mass is 447 g/mol. The molecular weight excluding hydrogens is 418 g/mol. The predicted octanol–water partition coefficient (Wildman–Crippen LogP) is 4.19. The van der Waals surface area contributed by atoms with Crippen molar-refractivity contribution < 1.29 is 0 Å². The van der Waals surface area contributed by atoms with Crippen LogP contribution in [0.4, 0.5) is 5.13 Å². The van der Waals surface area contributed by atoms with Crippen LogP contribution in [0.2, 0.25) is 0 Å². The molecule has 0 saturated carbocycles. The van der Waals surface area contributed by atoms with Gasteiger partial charge in [-0.15, -0.1) is 5.10 Å². The lowest BCUT2D eigenvalue weighted by Gasteiger charge is -2.38. The van der Waals surface area contributed by atoms with Crippen LogP contribution >= 0.6 is 11.3 Å². The van der Waals surface area contributed by atoms with Gasteiger partial charge in [-0.05, 0) is 41.0 Å². The van der Waals surface area contributed by atoms with E-state index in [1.165, 1.54) is 10.3 Å². The molecule has 2 aromatic carbocycles. The van der Waals surface area contributed by atoms with Crippen LogP contribution < -0.4 is 4.90 Å². The Hall–Kier alpha value is -2.84. The van der Waals surface area contributed by atoms with Crippen molar-refractivity contribution >= 4 is 26.7 Å². The molecule has 2 aromatic heterocycles. The van der Waals surface area contributed by atoms with Crippen LogP contribution in [0.25, 0.3) is 10.2 Å². The normalized spacial score (nSPS) is 16.0. The fourth-order valence-electron chi connectivity index (χ4n) is 4.46. The van der Waals surface area contributed by atoms with Crippen molar-refractivity contribution in [2.75, 3.05) is 31.1 Å². The number of anilines is 1. The number of nitrogens with zero attached hydrogens (tertiary/aromatic N) is 7. The maximum atomic E-state index is 4.85. The molecule has 32 heavy (non-hydrogen) atoms. The van der Waals surface area contributed by atoms with E-state index in [2.05, 4.69) is 86.8 Å². The van der Waals surface area contributed by atoms with Gasteiger partial charge < -0.3 is 4.90 Å². The Morgan fingerprint density at radius 3 is 2.53 bits per heavy atom. The second-order valence-electron chi connectivity index (χ2n) is 8.29. The summed E-state index contributed by atoms with van der Waals surface area (Å²) in [5.74, 6) is 0.996. The zero-order valence-electron chi connectivity index (χ0n) is 18.5. The average molecular weight is 448 g/mol. The molecule has 1 fully saturated rings. The number of fused-ring (bicyclic) bond motifs is 1. The van der Waals surface area contributed by atoms with Crippen LogP contribution in [0, 0.1) is 0 Å². The third-order valence-electron chi connectivity index (χ3n) is 6.18. The summed E-state index contributed by atoms with van der Waals surface area (Å²) in [6, 6.07) is 19.2. The number of para-hydroxylation sites is 1. The Balaban J connectivity index is 1.26. The third kappa shape index (κ3) is 4.52. The van der Waals surface area contributed by atoms with E-state index >= 15 is 0 Å². The summed E-state index contributed by atoms with van der Waals surface area (Å²) in [6.07, 6.45) is 3.10. The molecule has 1 atom stereocenters. The minimum Gasteiger partial charge on any atom is -0.345 e. The molecule has 0 amide bonds. The van der Waals surface area contributed by atoms with E-state index in [4.69, 9.17) is 4.98 Å². The standard InChI is InChI=1S/C24H29N7S/c1-2-8-21(23-26-27-28-31(23)14-13-19-9-4-3-5-10-19)29-15-17-30(18-16-29)24-25-20-11-6-7-12-22(20)32-24/h3-7,9-12,21H,2,8,13-18H2,1H3/t21-/m0/s1. The Labute approximate surface area is 192 Å². The Bertz CT molecular complexity index is 1100. The molecule has 1 aliphatic heterocycles. The number of aryl methyl sites for hydroxylation is 2. The molecule has 0 radical (unpaired) electrons. The van der Waals surface area contributed by atoms with Gasteiger partial charge in [0.05, 0.1) is 16.3 Å². The highest BCUT2D eigenvalue weighted by Gasteiger charge is 2.29. The van der Waals surface area contributed by atoms with E-state index in [0.29, 0.717) is 0 Å². The third-order valence-corrected chi connectivity index (χ3v) is 7.28. The summed E-state index contributed by atoms with van der Waals surface area (Å²) >= 11 is 1.79. The van der Waals surface area contributed by atoms with Crippen LogP contribution in [0.3, 0.4) is 0 Å². The van der Waals surface area contributed by atoms with Crippen molar-refractivity contribution in [3.05, 3.63) is 66.0 Å². The molecule has 0 spiro atoms. The van der Waals surface area contributed by atoms with Gasteiger partial charge in [-0.2, -0.15) is 0 Å². The summed E-state index contributed by atoms with van der Waals surface area (Å²) in [5, 5.41) is 14.0. The topological polar surface area (TPSA) is 63.0 Å². The average Bonchev–Trinajstić information content (AvgIpc) is 3.49. The van der Waals surface area contributed by atoms with Crippen molar-refractivity contribution in [2.24, 2.45) is 0 Å². The number of thiazole rings is 1. The van der Waals surface area contributed by atoms with Gasteiger partial charge in [0.1, 0.15) is 0 Å². The van der Waals surface area contributed by atoms with E-state index in [1.807, 2.05) is 4.68 Å². The zero-order valence-corrected chi connectivity index (χ0v) is 19.3. The van der Waals surface area contributed by atoms with Crippen molar-refractivity contribution in [3.8, 4) is 0 Å². The van der Waals surface area contributed by atoms with E-state index < -0.39 is 0 Å². The van der Waals surface area contributed by atoms with Crippen molar-refractivity contribution in [1.82, 2.24) is 30.1 Å². The summed E-state index contributed by atoms with van der Waals surface area (Å²) in [7, 11) is 0. The number of hydrogen-bond donors (Lipinski definition) is 0. The molecule has 0 unspecified atom stereocenters. The first-order valence-electron chi connectivity index (χ1n) is 11.5. The lowest BCUT2D eigenvalue weighted by molar-refractivity contribution is 0.164. The van der Waals surface area contributed by atoms with Crippen LogP contribution in [-0.2, 0) is 13.0 Å². The van der Waals surface area contributed by atoms with Gasteiger partial charge in [-0.1, -0.05) is 67.1 Å². The Kier molecular flexibility index (Phi) is 6.41. The molecule has 3 heterocycles. The van der Waals surface area contributed by atoms with Gasteiger partial charge in [-0.3, -0.25) is 4.90 Å². The minimum atomic E-state index is 0.253. The molecule has 5 rings (SSSR count). The molecule has 1 aliphatic rings. The Morgan fingerprint density at radius 1 is 0.969 bits per heavy atom. The van der Waals surface area contributed by atoms with Crippen molar-refractivity contribution in [2.45, 2.75) is 38.8 Å². The molecule has 4 aromatic rings. The van der Waals surface area contributed by atoms with Gasteiger partial charge >= 0.3 is 0 Å². The van der Waals surface area contributed by atoms with E-state index in [9.17, 15) is 0 Å². The number of piperazine rings is 1. The number of tetrazole rings is 1. The van der Waals surface area contributed by atoms with Gasteiger partial charge in [0, 0.05) is 32.7 Å². The van der Waals surface area contributed by atoms with Gasteiger partial charge in [0.15, 0.2) is 11.0 Å². The Morgan fingerprint density at radius 2 is 1.75 bits per heavy atom. The molecule has 0 aliphatic carbocycles. The van der Waals surface area contributed by atoms with E-state index in [-0.39, 0.29) is 6.04 Å². The SMILES string of the molecule is CCC[C@@H](c1nnnn1CCc1ccccc1)N1CCN(c2nc3ccccc3s2)CC1. The maximum Gasteiger partial charge on any atom is 0.186 e. The predicted molar refractivity (Wildman–Crippen MR) is 129 cm³/mol. The lowest BCUT2D eigenvalue weighted by atomic mass is 10.1. The molecule has 7 nitrogen and oxygen atoms in total. The lowest BCUT2D eigenvalue weighted by Crippen LogP contribution is -2.48. The smallest absolute Gasteiger partial charge is 0.186 e. The molecule has 0 bridgehead atoms. The van der Waals surface area contributed by atoms with E-state index in [0.717, 1.165) is 68.5 Å². The summed E-state index contributed by atoms with van der Waals surface area (Å²) in [5.41, 5.74) is 2.40.